The molecule has 7 nitrogen and oxygen atoms in total. The molecule has 7 heteroatoms. The Bertz CT molecular complexity index is 1770. The van der Waals surface area contributed by atoms with E-state index >= 15 is 0 Å². The molecule has 4 aromatic rings. The van der Waals surface area contributed by atoms with Crippen molar-refractivity contribution < 1.29 is 9.59 Å². The van der Waals surface area contributed by atoms with E-state index in [-0.39, 0.29) is 22.3 Å². The van der Waals surface area contributed by atoms with Gasteiger partial charge in [0.25, 0.3) is 11.8 Å². The monoisotopic (exact) mass is 535 g/mol. The third-order valence-electron chi connectivity index (χ3n) is 7.47. The minimum absolute atomic E-state index is 0.213. The number of nitrogens with one attached hydrogen (secondary N) is 2. The van der Waals surface area contributed by atoms with Gasteiger partial charge in [-0.3, -0.25) is 9.59 Å². The van der Waals surface area contributed by atoms with E-state index in [0.717, 1.165) is 32.7 Å². The highest BCUT2D eigenvalue weighted by atomic mass is 16.2. The Labute approximate surface area is 237 Å². The highest BCUT2D eigenvalue weighted by Gasteiger charge is 2.41. The van der Waals surface area contributed by atoms with Gasteiger partial charge in [-0.2, -0.15) is 15.8 Å². The third-order valence-corrected chi connectivity index (χ3v) is 7.47. The van der Waals surface area contributed by atoms with Gasteiger partial charge < -0.3 is 10.6 Å². The second-order valence-electron chi connectivity index (χ2n) is 9.89. The summed E-state index contributed by atoms with van der Waals surface area (Å²) in [5, 5.41) is 39.5. The van der Waals surface area contributed by atoms with E-state index in [1.165, 1.54) is 0 Å². The summed E-state index contributed by atoms with van der Waals surface area (Å²) < 4.78 is 0. The van der Waals surface area contributed by atoms with Crippen LogP contribution in [-0.4, -0.2) is 11.8 Å². The Morgan fingerprint density at radius 3 is 1.41 bits per heavy atom. The normalized spacial score (nSPS) is 14.7. The van der Waals surface area contributed by atoms with E-state index in [9.17, 15) is 25.4 Å². The first-order valence-electron chi connectivity index (χ1n) is 13.1. The molecule has 0 bridgehead atoms. The number of nitrogens with zero attached hydrogens (tertiary/aromatic N) is 3. The molecule has 0 saturated carbocycles. The predicted molar refractivity (Wildman–Crippen MR) is 155 cm³/mol. The number of rotatable bonds is 6. The number of hydrogen-bond donors (Lipinski definition) is 2. The van der Waals surface area contributed by atoms with Gasteiger partial charge >= 0.3 is 0 Å². The molecule has 198 valence electrons. The van der Waals surface area contributed by atoms with Crippen LogP contribution in [0.5, 0.6) is 0 Å². The van der Waals surface area contributed by atoms with Gasteiger partial charge in [0, 0.05) is 0 Å². The van der Waals surface area contributed by atoms with Gasteiger partial charge in [-0.15, -0.1) is 0 Å². The van der Waals surface area contributed by atoms with Gasteiger partial charge in [-0.1, -0.05) is 84.9 Å². The van der Waals surface area contributed by atoms with E-state index in [4.69, 9.17) is 0 Å². The Hall–Kier alpha value is -5.71. The van der Waals surface area contributed by atoms with Crippen molar-refractivity contribution in [3.63, 3.8) is 0 Å². The van der Waals surface area contributed by atoms with Gasteiger partial charge in [0.15, 0.2) is 0 Å². The molecular formula is C34H25N5O2. The topological polar surface area (TPSA) is 130 Å². The third kappa shape index (κ3) is 4.80. The van der Waals surface area contributed by atoms with Gasteiger partial charge in [-0.25, -0.2) is 0 Å². The van der Waals surface area contributed by atoms with E-state index in [1.807, 2.05) is 103 Å². The summed E-state index contributed by atoms with van der Waals surface area (Å²) in [5.74, 6) is -2.71. The van der Waals surface area contributed by atoms with Crippen molar-refractivity contribution in [2.24, 2.45) is 5.92 Å². The molecule has 2 atom stereocenters. The van der Waals surface area contributed by atoms with Gasteiger partial charge in [0.2, 0.25) is 0 Å². The minimum Gasteiger partial charge on any atom is -0.345 e. The number of allylic oxidation sites excluding steroid dienone is 2. The predicted octanol–water partition coefficient (Wildman–Crippen LogP) is 5.84. The molecule has 0 radical (unpaired) electrons. The lowest BCUT2D eigenvalue weighted by atomic mass is 9.97. The molecule has 2 N–H and O–H groups in total. The average Bonchev–Trinajstić information content (AvgIpc) is 3.34. The van der Waals surface area contributed by atoms with Crippen LogP contribution < -0.4 is 10.6 Å². The van der Waals surface area contributed by atoms with Crippen molar-refractivity contribution >= 4 is 33.4 Å². The van der Waals surface area contributed by atoms with E-state index in [0.29, 0.717) is 0 Å². The van der Waals surface area contributed by atoms with Crippen LogP contribution in [0.15, 0.2) is 107 Å². The lowest BCUT2D eigenvalue weighted by molar-refractivity contribution is -0.121. The maximum absolute atomic E-state index is 13.7. The second kappa shape index (κ2) is 11.2. The number of fused-ring (bicyclic) bond motifs is 2. The summed E-state index contributed by atoms with van der Waals surface area (Å²) in [7, 11) is 0. The molecule has 0 aliphatic heterocycles. The Morgan fingerprint density at radius 1 is 0.634 bits per heavy atom. The summed E-state index contributed by atoms with van der Waals surface area (Å²) >= 11 is 0. The van der Waals surface area contributed by atoms with E-state index in [2.05, 4.69) is 10.6 Å². The van der Waals surface area contributed by atoms with Gasteiger partial charge in [0.05, 0.1) is 52.6 Å². The van der Waals surface area contributed by atoms with Gasteiger partial charge in [-0.05, 0) is 46.5 Å². The summed E-state index contributed by atoms with van der Waals surface area (Å²) in [6, 6.07) is 31.8. The van der Waals surface area contributed by atoms with Crippen molar-refractivity contribution in [1.29, 1.82) is 15.8 Å². The molecule has 41 heavy (non-hydrogen) atoms. The summed E-state index contributed by atoms with van der Waals surface area (Å²) in [4.78, 5) is 27.5. The van der Waals surface area contributed by atoms with Crippen LogP contribution in [0, 0.1) is 39.9 Å². The molecular weight excluding hydrogens is 510 g/mol. The number of benzene rings is 4. The summed E-state index contributed by atoms with van der Waals surface area (Å²) in [6.45, 7) is 3.61. The van der Waals surface area contributed by atoms with Crippen molar-refractivity contribution in [1.82, 2.24) is 10.6 Å². The summed E-state index contributed by atoms with van der Waals surface area (Å²) in [6.07, 6.45) is 0. The van der Waals surface area contributed by atoms with Crippen molar-refractivity contribution in [2.75, 3.05) is 0 Å². The number of amides is 2. The molecule has 0 heterocycles. The maximum atomic E-state index is 13.7. The first-order valence-corrected chi connectivity index (χ1v) is 13.1. The zero-order valence-corrected chi connectivity index (χ0v) is 22.5. The van der Waals surface area contributed by atoms with Crippen LogP contribution in [0.25, 0.3) is 21.5 Å². The van der Waals surface area contributed by atoms with Crippen LogP contribution in [0.4, 0.5) is 0 Å². The van der Waals surface area contributed by atoms with Crippen LogP contribution in [-0.2, 0) is 9.59 Å². The fourth-order valence-electron chi connectivity index (χ4n) is 5.49. The molecule has 0 fully saturated rings. The highest BCUT2D eigenvalue weighted by Crippen LogP contribution is 2.38. The zero-order valence-electron chi connectivity index (χ0n) is 22.5. The zero-order chi connectivity index (χ0) is 29.1. The Morgan fingerprint density at radius 2 is 1.02 bits per heavy atom. The number of carbonyl (C=O) groups is 2. The van der Waals surface area contributed by atoms with Crippen LogP contribution >= 0.6 is 0 Å². The first kappa shape index (κ1) is 26.9. The second-order valence-corrected chi connectivity index (χ2v) is 9.89. The molecule has 5 rings (SSSR count). The van der Waals surface area contributed by atoms with Crippen LogP contribution in [0.1, 0.15) is 37.1 Å². The van der Waals surface area contributed by atoms with Crippen LogP contribution in [0.3, 0.4) is 0 Å². The van der Waals surface area contributed by atoms with Crippen LogP contribution in [0.2, 0.25) is 0 Å². The SMILES string of the molecule is C[C@@H](NC(=O)C1=C(C#N)C(C#N)C(C#N)=C1C(=O)N[C@H](C)c1cccc2ccccc12)c1cccc2ccccc12. The molecule has 2 amide bonds. The molecule has 0 saturated heterocycles. The lowest BCUT2D eigenvalue weighted by Gasteiger charge is -2.20. The van der Waals surface area contributed by atoms with Crippen molar-refractivity contribution in [3.05, 3.63) is 118 Å². The number of carbonyl (C=O) groups excluding carboxylic acids is 2. The quantitative estimate of drug-likeness (QED) is 0.320. The largest absolute Gasteiger partial charge is 0.345 e. The highest BCUT2D eigenvalue weighted by molar-refractivity contribution is 6.14. The molecule has 0 unspecified atom stereocenters. The number of nitriles is 3. The average molecular weight is 536 g/mol. The van der Waals surface area contributed by atoms with E-state index in [1.54, 1.807) is 13.8 Å². The molecule has 0 aromatic heterocycles. The van der Waals surface area contributed by atoms with Gasteiger partial charge in [0.1, 0.15) is 5.92 Å². The Kier molecular flexibility index (Phi) is 7.33. The molecule has 1 aliphatic carbocycles. The van der Waals surface area contributed by atoms with Crippen molar-refractivity contribution in [2.45, 2.75) is 25.9 Å². The molecule has 0 spiro atoms. The minimum atomic E-state index is -1.31. The van der Waals surface area contributed by atoms with Crippen molar-refractivity contribution in [3.8, 4) is 18.2 Å². The number of hydrogen-bond acceptors (Lipinski definition) is 5. The molecule has 1 aliphatic rings. The standard InChI is InChI=1S/C34H25N5O2/c1-20(24-15-7-11-22-9-3-5-13-26(22)24)38-33(40)31-29(18-36)28(17-35)30(19-37)32(31)34(41)39-21(2)25-16-8-12-23-10-4-6-14-27(23)25/h3-16,20-21,28H,1-2H3,(H,38,40)(H,39,41)/t20-,21-/m1/s1. The first-order chi connectivity index (χ1) is 19.9. The molecule has 4 aromatic carbocycles. The smallest absolute Gasteiger partial charge is 0.253 e. The van der Waals surface area contributed by atoms with E-state index < -0.39 is 29.8 Å². The maximum Gasteiger partial charge on any atom is 0.253 e. The fraction of sp³-hybridized carbons (Fsp3) is 0.147. The lowest BCUT2D eigenvalue weighted by Crippen LogP contribution is -2.34. The fourth-order valence-corrected chi connectivity index (χ4v) is 5.49. The Balaban J connectivity index is 1.50. The summed E-state index contributed by atoms with van der Waals surface area (Å²) in [5.41, 5.74) is 0.788.